The summed E-state index contributed by atoms with van der Waals surface area (Å²) in [6.07, 6.45) is 2.71. The van der Waals surface area contributed by atoms with Crippen molar-refractivity contribution in [3.8, 4) is 11.5 Å². The Morgan fingerprint density at radius 1 is 1.08 bits per heavy atom. The van der Waals surface area contributed by atoms with Gasteiger partial charge in [-0.15, -0.1) is 0 Å². The quantitative estimate of drug-likeness (QED) is 0.521. The third-order valence-electron chi connectivity index (χ3n) is 3.74. The SMILES string of the molecule is Cc1nc(-c2nc(Nc3cc(Cl)ncc3F)c3cc[nH]c3n2)ccc1F. The minimum Gasteiger partial charge on any atom is -0.346 e. The molecule has 0 fully saturated rings. The summed E-state index contributed by atoms with van der Waals surface area (Å²) >= 11 is 5.84. The summed E-state index contributed by atoms with van der Waals surface area (Å²) in [4.78, 5) is 19.6. The second kappa shape index (κ2) is 6.30. The van der Waals surface area contributed by atoms with E-state index in [1.54, 1.807) is 19.2 Å². The number of aromatic amines is 1. The van der Waals surface area contributed by atoms with Gasteiger partial charge in [-0.25, -0.2) is 28.7 Å². The van der Waals surface area contributed by atoms with Gasteiger partial charge in [-0.1, -0.05) is 11.6 Å². The molecule has 4 heterocycles. The highest BCUT2D eigenvalue weighted by Crippen LogP contribution is 2.28. The van der Waals surface area contributed by atoms with Gasteiger partial charge in [-0.2, -0.15) is 0 Å². The van der Waals surface area contributed by atoms with Gasteiger partial charge in [0.05, 0.1) is 23.0 Å². The molecule has 0 atom stereocenters. The van der Waals surface area contributed by atoms with Crippen LogP contribution in [-0.2, 0) is 0 Å². The maximum Gasteiger partial charge on any atom is 0.182 e. The highest BCUT2D eigenvalue weighted by molar-refractivity contribution is 6.29. The largest absolute Gasteiger partial charge is 0.346 e. The fourth-order valence-electron chi connectivity index (χ4n) is 2.46. The number of hydrogen-bond acceptors (Lipinski definition) is 5. The second-order valence-electron chi connectivity index (χ2n) is 5.51. The summed E-state index contributed by atoms with van der Waals surface area (Å²) < 4.78 is 27.5. The van der Waals surface area contributed by atoms with E-state index in [0.29, 0.717) is 22.5 Å². The monoisotopic (exact) mass is 372 g/mol. The molecule has 0 spiro atoms. The predicted molar refractivity (Wildman–Crippen MR) is 94.3 cm³/mol. The van der Waals surface area contributed by atoms with Gasteiger partial charge >= 0.3 is 0 Å². The molecule has 9 heteroatoms. The van der Waals surface area contributed by atoms with Crippen molar-refractivity contribution in [3.05, 3.63) is 59.1 Å². The Bertz CT molecular complexity index is 1130. The lowest BCUT2D eigenvalue weighted by molar-refractivity contribution is 0.610. The number of hydrogen-bond donors (Lipinski definition) is 2. The molecule has 0 aliphatic rings. The number of aryl methyl sites for hydroxylation is 1. The van der Waals surface area contributed by atoms with E-state index in [4.69, 9.17) is 11.6 Å². The average Bonchev–Trinajstić information content (AvgIpc) is 3.09. The predicted octanol–water partition coefficient (Wildman–Crippen LogP) is 4.40. The van der Waals surface area contributed by atoms with E-state index in [0.717, 1.165) is 6.20 Å². The highest BCUT2D eigenvalue weighted by Gasteiger charge is 2.14. The van der Waals surface area contributed by atoms with Gasteiger partial charge in [-0.05, 0) is 25.1 Å². The lowest BCUT2D eigenvalue weighted by atomic mass is 10.2. The summed E-state index contributed by atoms with van der Waals surface area (Å²) in [6, 6.07) is 5.90. The molecular formula is C17H11ClF2N6. The van der Waals surface area contributed by atoms with Crippen molar-refractivity contribution in [1.29, 1.82) is 0 Å². The van der Waals surface area contributed by atoms with Gasteiger partial charge in [0, 0.05) is 12.3 Å². The van der Waals surface area contributed by atoms with Crippen LogP contribution in [0.5, 0.6) is 0 Å². The van der Waals surface area contributed by atoms with E-state index in [-0.39, 0.29) is 22.4 Å². The maximum absolute atomic E-state index is 14.0. The molecular weight excluding hydrogens is 362 g/mol. The summed E-state index contributed by atoms with van der Waals surface area (Å²) in [7, 11) is 0. The van der Waals surface area contributed by atoms with Gasteiger partial charge in [0.15, 0.2) is 11.6 Å². The van der Waals surface area contributed by atoms with E-state index >= 15 is 0 Å². The maximum atomic E-state index is 14.0. The van der Waals surface area contributed by atoms with E-state index in [9.17, 15) is 8.78 Å². The Balaban J connectivity index is 1.85. The van der Waals surface area contributed by atoms with Gasteiger partial charge in [0.1, 0.15) is 28.1 Å². The second-order valence-corrected chi connectivity index (χ2v) is 5.90. The van der Waals surface area contributed by atoms with Crippen molar-refractivity contribution in [3.63, 3.8) is 0 Å². The molecule has 26 heavy (non-hydrogen) atoms. The molecule has 0 bridgehead atoms. The summed E-state index contributed by atoms with van der Waals surface area (Å²) in [5.41, 5.74) is 1.29. The van der Waals surface area contributed by atoms with E-state index in [1.807, 2.05) is 0 Å². The third kappa shape index (κ3) is 2.95. The van der Waals surface area contributed by atoms with Crippen molar-refractivity contribution in [2.24, 2.45) is 0 Å². The van der Waals surface area contributed by atoms with Crippen LogP contribution < -0.4 is 5.32 Å². The van der Waals surface area contributed by atoms with Crippen molar-refractivity contribution in [1.82, 2.24) is 24.9 Å². The van der Waals surface area contributed by atoms with Crippen LogP contribution in [0.15, 0.2) is 36.7 Å². The number of aromatic nitrogens is 5. The van der Waals surface area contributed by atoms with Crippen LogP contribution in [0.25, 0.3) is 22.6 Å². The molecule has 6 nitrogen and oxygen atoms in total. The van der Waals surface area contributed by atoms with Crippen LogP contribution in [0.1, 0.15) is 5.69 Å². The smallest absolute Gasteiger partial charge is 0.182 e. The molecule has 0 saturated carbocycles. The first-order chi connectivity index (χ1) is 12.5. The van der Waals surface area contributed by atoms with Gasteiger partial charge < -0.3 is 10.3 Å². The number of nitrogens with one attached hydrogen (secondary N) is 2. The molecule has 130 valence electrons. The summed E-state index contributed by atoms with van der Waals surface area (Å²) in [6.45, 7) is 1.56. The molecule has 2 N–H and O–H groups in total. The van der Waals surface area contributed by atoms with Crippen LogP contribution in [0, 0.1) is 18.6 Å². The third-order valence-corrected chi connectivity index (χ3v) is 3.95. The fraction of sp³-hybridized carbons (Fsp3) is 0.0588. The average molecular weight is 373 g/mol. The zero-order valence-electron chi connectivity index (χ0n) is 13.4. The topological polar surface area (TPSA) is 79.4 Å². The van der Waals surface area contributed by atoms with Gasteiger partial charge in [-0.3, -0.25) is 0 Å². The molecule has 0 unspecified atom stereocenters. The van der Waals surface area contributed by atoms with Crippen LogP contribution in [0.3, 0.4) is 0 Å². The number of nitrogens with zero attached hydrogens (tertiary/aromatic N) is 4. The van der Waals surface area contributed by atoms with Crippen LogP contribution in [0.4, 0.5) is 20.3 Å². The molecule has 4 aromatic rings. The Kier molecular flexibility index (Phi) is 3.96. The van der Waals surface area contributed by atoms with Crippen molar-refractivity contribution in [2.75, 3.05) is 5.32 Å². The summed E-state index contributed by atoms with van der Waals surface area (Å²) in [5, 5.41) is 3.70. The fourth-order valence-corrected chi connectivity index (χ4v) is 2.61. The van der Waals surface area contributed by atoms with E-state index in [1.165, 1.54) is 18.2 Å². The van der Waals surface area contributed by atoms with Gasteiger partial charge in [0.2, 0.25) is 0 Å². The van der Waals surface area contributed by atoms with Crippen LogP contribution >= 0.6 is 11.6 Å². The molecule has 0 radical (unpaired) electrons. The van der Waals surface area contributed by atoms with Crippen LogP contribution in [0.2, 0.25) is 5.15 Å². The molecule has 0 aromatic carbocycles. The van der Waals surface area contributed by atoms with E-state index in [2.05, 4.69) is 30.2 Å². The lowest BCUT2D eigenvalue weighted by Gasteiger charge is -2.10. The first kappa shape index (κ1) is 16.3. The molecule has 0 aliphatic carbocycles. The highest BCUT2D eigenvalue weighted by atomic mass is 35.5. The first-order valence-corrected chi connectivity index (χ1v) is 7.96. The molecule has 4 aromatic heterocycles. The minimum atomic E-state index is -0.575. The van der Waals surface area contributed by atoms with Crippen molar-refractivity contribution in [2.45, 2.75) is 6.92 Å². The Morgan fingerprint density at radius 2 is 1.92 bits per heavy atom. The van der Waals surface area contributed by atoms with Gasteiger partial charge in [0.25, 0.3) is 0 Å². The number of halogens is 3. The molecule has 0 aliphatic heterocycles. The number of H-pyrrole nitrogens is 1. The Hall–Kier alpha value is -3.13. The van der Waals surface area contributed by atoms with E-state index < -0.39 is 11.6 Å². The standard InChI is InChI=1S/C17H11ClF2N6/c1-8-10(19)2-3-12(23-8)17-25-15-9(4-5-21-15)16(26-17)24-13-6-14(18)22-7-11(13)20/h2-7H,1H3,(H2,21,22,24,25,26). The zero-order valence-corrected chi connectivity index (χ0v) is 14.1. The van der Waals surface area contributed by atoms with Crippen molar-refractivity contribution >= 4 is 34.1 Å². The molecule has 4 rings (SSSR count). The Labute approximate surface area is 151 Å². The zero-order chi connectivity index (χ0) is 18.3. The number of rotatable bonds is 3. The first-order valence-electron chi connectivity index (χ1n) is 7.58. The minimum absolute atomic E-state index is 0.125. The summed E-state index contributed by atoms with van der Waals surface area (Å²) in [5.74, 6) is -0.363. The Morgan fingerprint density at radius 3 is 2.73 bits per heavy atom. The van der Waals surface area contributed by atoms with Crippen molar-refractivity contribution < 1.29 is 8.78 Å². The number of fused-ring (bicyclic) bond motifs is 1. The number of pyridine rings is 2. The lowest BCUT2D eigenvalue weighted by Crippen LogP contribution is -2.02. The molecule has 0 saturated heterocycles. The number of anilines is 2. The molecule has 0 amide bonds. The normalized spacial score (nSPS) is 11.1. The van der Waals surface area contributed by atoms with Crippen LogP contribution in [-0.4, -0.2) is 24.9 Å².